The van der Waals surface area contributed by atoms with Crippen molar-refractivity contribution in [3.05, 3.63) is 0 Å². The summed E-state index contributed by atoms with van der Waals surface area (Å²) in [4.78, 5) is 24.5. The molecule has 78 valence electrons. The Morgan fingerprint density at radius 1 is 1.29 bits per heavy atom. The number of nitrogens with two attached hydrogens (primary N) is 1. The highest BCUT2D eigenvalue weighted by atomic mass is 16.2. The molecule has 1 aliphatic heterocycles. The van der Waals surface area contributed by atoms with Gasteiger partial charge in [0.05, 0.1) is 0 Å². The van der Waals surface area contributed by atoms with Gasteiger partial charge in [0.15, 0.2) is 0 Å². The van der Waals surface area contributed by atoms with Crippen molar-refractivity contribution >= 4 is 11.8 Å². The van der Waals surface area contributed by atoms with Crippen molar-refractivity contribution in [1.82, 2.24) is 4.90 Å². The highest BCUT2D eigenvalue weighted by Gasteiger charge is 2.39. The summed E-state index contributed by atoms with van der Waals surface area (Å²) in [5, 5.41) is 0. The molecule has 2 rings (SSSR count). The van der Waals surface area contributed by atoms with Gasteiger partial charge in [-0.05, 0) is 19.3 Å². The number of primary amides is 1. The van der Waals surface area contributed by atoms with Crippen LogP contribution < -0.4 is 5.73 Å². The molecule has 2 aliphatic rings. The first-order valence-corrected chi connectivity index (χ1v) is 5.30. The second-order valence-corrected chi connectivity index (χ2v) is 4.20. The van der Waals surface area contributed by atoms with Crippen LogP contribution in [0.1, 0.15) is 38.5 Å². The van der Waals surface area contributed by atoms with E-state index in [4.69, 9.17) is 5.73 Å². The van der Waals surface area contributed by atoms with Crippen molar-refractivity contribution in [1.29, 1.82) is 0 Å². The van der Waals surface area contributed by atoms with Crippen LogP contribution in [0.5, 0.6) is 0 Å². The van der Waals surface area contributed by atoms with Crippen LogP contribution in [0.3, 0.4) is 0 Å². The number of hydrogen-bond acceptors (Lipinski definition) is 2. The van der Waals surface area contributed by atoms with Crippen LogP contribution >= 0.6 is 0 Å². The maximum atomic E-state index is 11.6. The Morgan fingerprint density at radius 2 is 1.93 bits per heavy atom. The van der Waals surface area contributed by atoms with E-state index < -0.39 is 0 Å². The molecule has 0 unspecified atom stereocenters. The number of carbonyl (C=O) groups excluding carboxylic acids is 2. The lowest BCUT2D eigenvalue weighted by Crippen LogP contribution is -2.46. The van der Waals surface area contributed by atoms with Gasteiger partial charge in [-0.15, -0.1) is 0 Å². The highest BCUT2D eigenvalue weighted by molar-refractivity contribution is 5.90. The van der Waals surface area contributed by atoms with Crippen molar-refractivity contribution in [2.45, 2.75) is 50.6 Å². The SMILES string of the molecule is NC(=O)[C@@H]1CCC(=O)N1C1CCCC1. The lowest BCUT2D eigenvalue weighted by atomic mass is 10.1. The first-order chi connectivity index (χ1) is 6.70. The first-order valence-electron chi connectivity index (χ1n) is 5.30. The van der Waals surface area contributed by atoms with Crippen molar-refractivity contribution in [3.63, 3.8) is 0 Å². The van der Waals surface area contributed by atoms with Crippen LogP contribution in [0.2, 0.25) is 0 Å². The largest absolute Gasteiger partial charge is 0.368 e. The molecule has 2 fully saturated rings. The summed E-state index contributed by atoms with van der Waals surface area (Å²) in [6.45, 7) is 0. The second kappa shape index (κ2) is 3.59. The quantitative estimate of drug-likeness (QED) is 0.695. The molecule has 14 heavy (non-hydrogen) atoms. The molecule has 1 aliphatic carbocycles. The second-order valence-electron chi connectivity index (χ2n) is 4.20. The average molecular weight is 196 g/mol. The summed E-state index contributed by atoms with van der Waals surface area (Å²) in [5.41, 5.74) is 5.29. The molecule has 0 spiro atoms. The minimum absolute atomic E-state index is 0.112. The number of amides is 2. The molecule has 1 saturated heterocycles. The van der Waals surface area contributed by atoms with Gasteiger partial charge in [-0.2, -0.15) is 0 Å². The summed E-state index contributed by atoms with van der Waals surface area (Å²) in [7, 11) is 0. The van der Waals surface area contributed by atoms with E-state index in [0.29, 0.717) is 12.8 Å². The summed E-state index contributed by atoms with van der Waals surface area (Å²) in [5.74, 6) is -0.233. The zero-order valence-electron chi connectivity index (χ0n) is 8.24. The third kappa shape index (κ3) is 1.49. The van der Waals surface area contributed by atoms with Gasteiger partial charge >= 0.3 is 0 Å². The third-order valence-electron chi connectivity index (χ3n) is 3.30. The van der Waals surface area contributed by atoms with Gasteiger partial charge < -0.3 is 10.6 Å². The zero-order chi connectivity index (χ0) is 10.1. The number of carbonyl (C=O) groups is 2. The van der Waals surface area contributed by atoms with Crippen LogP contribution in [-0.4, -0.2) is 28.8 Å². The van der Waals surface area contributed by atoms with E-state index in [9.17, 15) is 9.59 Å². The van der Waals surface area contributed by atoms with Crippen LogP contribution in [0.4, 0.5) is 0 Å². The van der Waals surface area contributed by atoms with Gasteiger partial charge in [-0.25, -0.2) is 0 Å². The Labute approximate surface area is 83.4 Å². The molecule has 1 saturated carbocycles. The number of likely N-dealkylation sites (tertiary alicyclic amines) is 1. The Kier molecular flexibility index (Phi) is 2.44. The molecule has 0 bridgehead atoms. The van der Waals surface area contributed by atoms with Crippen molar-refractivity contribution in [3.8, 4) is 0 Å². The zero-order valence-corrected chi connectivity index (χ0v) is 8.24. The van der Waals surface area contributed by atoms with Gasteiger partial charge in [0.25, 0.3) is 0 Å². The molecule has 2 amide bonds. The number of hydrogen-bond donors (Lipinski definition) is 1. The summed E-state index contributed by atoms with van der Waals surface area (Å²) < 4.78 is 0. The fourth-order valence-electron chi connectivity index (χ4n) is 2.62. The van der Waals surface area contributed by atoms with Gasteiger partial charge in [0.1, 0.15) is 6.04 Å². The van der Waals surface area contributed by atoms with E-state index in [-0.39, 0.29) is 23.9 Å². The molecule has 0 aromatic rings. The van der Waals surface area contributed by atoms with E-state index in [1.165, 1.54) is 12.8 Å². The molecule has 4 heteroatoms. The van der Waals surface area contributed by atoms with Crippen molar-refractivity contribution in [2.24, 2.45) is 5.73 Å². The van der Waals surface area contributed by atoms with Crippen LogP contribution in [0.15, 0.2) is 0 Å². The Balaban J connectivity index is 2.12. The van der Waals surface area contributed by atoms with E-state index in [1.807, 2.05) is 0 Å². The minimum Gasteiger partial charge on any atom is -0.368 e. The van der Waals surface area contributed by atoms with Crippen LogP contribution in [-0.2, 0) is 9.59 Å². The maximum Gasteiger partial charge on any atom is 0.240 e. The lowest BCUT2D eigenvalue weighted by Gasteiger charge is -2.28. The predicted molar refractivity (Wildman–Crippen MR) is 51.3 cm³/mol. The van der Waals surface area contributed by atoms with Crippen molar-refractivity contribution < 1.29 is 9.59 Å². The predicted octanol–water partition coefficient (Wildman–Crippen LogP) is 0.405. The standard InChI is InChI=1S/C10H16N2O2/c11-10(14)8-5-6-9(13)12(8)7-3-1-2-4-7/h7-8H,1-6H2,(H2,11,14)/t8-/m0/s1. The molecule has 4 nitrogen and oxygen atoms in total. The van der Waals surface area contributed by atoms with E-state index in [0.717, 1.165) is 12.8 Å². The highest BCUT2D eigenvalue weighted by Crippen LogP contribution is 2.30. The normalized spacial score (nSPS) is 28.7. The fourth-order valence-corrected chi connectivity index (χ4v) is 2.62. The van der Waals surface area contributed by atoms with Crippen molar-refractivity contribution in [2.75, 3.05) is 0 Å². The Hall–Kier alpha value is -1.06. The Morgan fingerprint density at radius 3 is 2.50 bits per heavy atom. The van der Waals surface area contributed by atoms with E-state index in [1.54, 1.807) is 4.90 Å². The van der Waals surface area contributed by atoms with Gasteiger partial charge in [0, 0.05) is 12.5 Å². The molecule has 2 N–H and O–H groups in total. The van der Waals surface area contributed by atoms with Gasteiger partial charge in [-0.1, -0.05) is 12.8 Å². The smallest absolute Gasteiger partial charge is 0.240 e. The minimum atomic E-state index is -0.345. The molecule has 0 radical (unpaired) electrons. The molecule has 1 heterocycles. The molecular formula is C10H16N2O2. The summed E-state index contributed by atoms with van der Waals surface area (Å²) in [6.07, 6.45) is 5.51. The first kappa shape index (κ1) is 9.49. The summed E-state index contributed by atoms with van der Waals surface area (Å²) in [6, 6.07) is -0.0481. The fraction of sp³-hybridized carbons (Fsp3) is 0.800. The number of rotatable bonds is 2. The lowest BCUT2D eigenvalue weighted by molar-refractivity contribution is -0.136. The monoisotopic (exact) mass is 196 g/mol. The maximum absolute atomic E-state index is 11.6. The third-order valence-corrected chi connectivity index (χ3v) is 3.30. The molecular weight excluding hydrogens is 180 g/mol. The average Bonchev–Trinajstić information content (AvgIpc) is 2.71. The Bertz CT molecular complexity index is 259. The summed E-state index contributed by atoms with van der Waals surface area (Å²) >= 11 is 0. The number of nitrogens with zero attached hydrogens (tertiary/aromatic N) is 1. The van der Waals surface area contributed by atoms with Gasteiger partial charge in [0.2, 0.25) is 11.8 Å². The van der Waals surface area contributed by atoms with Crippen LogP contribution in [0, 0.1) is 0 Å². The topological polar surface area (TPSA) is 63.4 Å². The van der Waals surface area contributed by atoms with Crippen LogP contribution in [0.25, 0.3) is 0 Å². The van der Waals surface area contributed by atoms with Gasteiger partial charge in [-0.3, -0.25) is 9.59 Å². The molecule has 0 aromatic heterocycles. The van der Waals surface area contributed by atoms with E-state index in [2.05, 4.69) is 0 Å². The molecule has 0 aromatic carbocycles. The molecule has 1 atom stereocenters. The van der Waals surface area contributed by atoms with E-state index >= 15 is 0 Å².